The molecule has 0 unspecified atom stereocenters. The van der Waals surface area contributed by atoms with E-state index >= 15 is 0 Å². The van der Waals surface area contributed by atoms with E-state index in [1.54, 1.807) is 0 Å². The molecule has 0 aromatic carbocycles. The predicted octanol–water partition coefficient (Wildman–Crippen LogP) is 3.70. The normalized spacial score (nSPS) is 41.1. The number of rotatable bonds is 1. The van der Waals surface area contributed by atoms with Gasteiger partial charge in [0, 0.05) is 11.6 Å². The van der Waals surface area contributed by atoms with E-state index < -0.39 is 0 Å². The minimum Gasteiger partial charge on any atom is -0.290 e. The Kier molecular flexibility index (Phi) is 3.91. The van der Waals surface area contributed by atoms with Crippen LogP contribution in [0.25, 0.3) is 0 Å². The second-order valence-corrected chi connectivity index (χ2v) is 4.62. The third kappa shape index (κ3) is 2.46. The zero-order valence-corrected chi connectivity index (χ0v) is 10.1. The van der Waals surface area contributed by atoms with Gasteiger partial charge in [-0.25, -0.2) is 0 Å². The van der Waals surface area contributed by atoms with Crippen molar-refractivity contribution in [3.05, 3.63) is 12.2 Å². The third-order valence-electron chi connectivity index (χ3n) is 3.54. The van der Waals surface area contributed by atoms with Crippen molar-refractivity contribution in [1.29, 1.82) is 0 Å². The van der Waals surface area contributed by atoms with Gasteiger partial charge >= 0.3 is 0 Å². The molecule has 0 aromatic heterocycles. The summed E-state index contributed by atoms with van der Waals surface area (Å²) in [6, 6.07) is 0.474. The van der Waals surface area contributed by atoms with Gasteiger partial charge in [0.15, 0.2) is 0 Å². The lowest BCUT2D eigenvalue weighted by molar-refractivity contribution is 0.347. The zero-order chi connectivity index (χ0) is 10.7. The van der Waals surface area contributed by atoms with Gasteiger partial charge in [-0.1, -0.05) is 39.3 Å². The van der Waals surface area contributed by atoms with Crippen LogP contribution in [-0.2, 0) is 0 Å². The molecular formula is C13H23N. The highest BCUT2D eigenvalue weighted by molar-refractivity contribution is 5.85. The van der Waals surface area contributed by atoms with E-state index in [0.717, 1.165) is 0 Å². The number of hydrogen-bond donors (Lipinski definition) is 0. The van der Waals surface area contributed by atoms with Crippen LogP contribution >= 0.6 is 0 Å². The molecular weight excluding hydrogens is 170 g/mol. The van der Waals surface area contributed by atoms with E-state index in [2.05, 4.69) is 46.8 Å². The third-order valence-corrected chi connectivity index (χ3v) is 3.54. The van der Waals surface area contributed by atoms with Gasteiger partial charge in [-0.3, -0.25) is 4.99 Å². The summed E-state index contributed by atoms with van der Waals surface area (Å²) in [6.45, 7) is 11.2. The zero-order valence-electron chi connectivity index (χ0n) is 10.1. The molecule has 0 aromatic rings. The molecule has 0 fully saturated rings. The molecule has 1 heteroatoms. The Hall–Kier alpha value is -0.590. The van der Waals surface area contributed by atoms with Gasteiger partial charge in [0.1, 0.15) is 0 Å². The number of aliphatic imine (C=N–C) groups is 1. The highest BCUT2D eigenvalue weighted by Crippen LogP contribution is 2.26. The highest BCUT2D eigenvalue weighted by atomic mass is 14.8. The molecule has 80 valence electrons. The topological polar surface area (TPSA) is 12.4 Å². The number of hydrogen-bond acceptors (Lipinski definition) is 1. The summed E-state index contributed by atoms with van der Waals surface area (Å²) in [4.78, 5) is 4.79. The fourth-order valence-electron chi connectivity index (χ4n) is 2.31. The molecule has 0 saturated heterocycles. The average molecular weight is 193 g/mol. The minimum absolute atomic E-state index is 0.474. The molecule has 0 bridgehead atoms. The molecule has 4 atom stereocenters. The first-order chi connectivity index (χ1) is 6.56. The van der Waals surface area contributed by atoms with Crippen molar-refractivity contribution in [2.75, 3.05) is 0 Å². The fraction of sp³-hybridized carbons (Fsp3) is 0.769. The first kappa shape index (κ1) is 11.5. The van der Waals surface area contributed by atoms with Gasteiger partial charge in [-0.05, 0) is 25.7 Å². The standard InChI is InChI=1S/C13H23N/c1-6-13-10(3)8-7-9(2)11(4)14-12(13)5/h7-10,12-13H,6H2,1-5H3/b8-7-,14-11?/t9-,10+,12+,13-/m1/s1. The van der Waals surface area contributed by atoms with Gasteiger partial charge in [0.2, 0.25) is 0 Å². The second-order valence-electron chi connectivity index (χ2n) is 4.62. The molecule has 1 heterocycles. The largest absolute Gasteiger partial charge is 0.290 e. The Bertz CT molecular complexity index is 240. The van der Waals surface area contributed by atoms with Gasteiger partial charge in [0.05, 0.1) is 6.04 Å². The summed E-state index contributed by atoms with van der Waals surface area (Å²) in [5.74, 6) is 1.88. The van der Waals surface area contributed by atoms with Crippen molar-refractivity contribution in [3.63, 3.8) is 0 Å². The molecule has 0 radical (unpaired) electrons. The Morgan fingerprint density at radius 2 is 1.86 bits per heavy atom. The van der Waals surface area contributed by atoms with Gasteiger partial charge in [0.25, 0.3) is 0 Å². The van der Waals surface area contributed by atoms with E-state index in [0.29, 0.717) is 23.8 Å². The van der Waals surface area contributed by atoms with Crippen molar-refractivity contribution < 1.29 is 0 Å². The Labute approximate surface area is 88.3 Å². The van der Waals surface area contributed by atoms with Gasteiger partial charge in [-0.2, -0.15) is 0 Å². The van der Waals surface area contributed by atoms with Gasteiger partial charge in [-0.15, -0.1) is 0 Å². The molecule has 0 N–H and O–H groups in total. The van der Waals surface area contributed by atoms with Crippen LogP contribution in [0.5, 0.6) is 0 Å². The molecule has 1 aliphatic rings. The van der Waals surface area contributed by atoms with Crippen LogP contribution in [-0.4, -0.2) is 11.8 Å². The summed E-state index contributed by atoms with van der Waals surface area (Å²) in [5.41, 5.74) is 1.28. The van der Waals surface area contributed by atoms with E-state index in [4.69, 9.17) is 4.99 Å². The Morgan fingerprint density at radius 3 is 2.43 bits per heavy atom. The average Bonchev–Trinajstić information content (AvgIpc) is 2.13. The Balaban J connectivity index is 2.90. The number of nitrogens with zero attached hydrogens (tertiary/aromatic N) is 1. The summed E-state index contributed by atoms with van der Waals surface area (Å²) in [6.07, 6.45) is 5.89. The summed E-state index contributed by atoms with van der Waals surface area (Å²) in [5, 5.41) is 0. The first-order valence-corrected chi connectivity index (χ1v) is 5.78. The smallest absolute Gasteiger partial charge is 0.0504 e. The van der Waals surface area contributed by atoms with Crippen molar-refractivity contribution in [1.82, 2.24) is 0 Å². The quantitative estimate of drug-likeness (QED) is 0.563. The number of allylic oxidation sites excluding steroid dienone is 2. The Morgan fingerprint density at radius 1 is 1.21 bits per heavy atom. The summed E-state index contributed by atoms with van der Waals surface area (Å²) >= 11 is 0. The van der Waals surface area contributed by atoms with Gasteiger partial charge < -0.3 is 0 Å². The van der Waals surface area contributed by atoms with Crippen LogP contribution in [0, 0.1) is 17.8 Å². The van der Waals surface area contributed by atoms with Crippen molar-refractivity contribution >= 4 is 5.71 Å². The molecule has 1 nitrogen and oxygen atoms in total. The lowest BCUT2D eigenvalue weighted by atomic mass is 9.83. The molecule has 0 spiro atoms. The fourth-order valence-corrected chi connectivity index (χ4v) is 2.31. The minimum atomic E-state index is 0.474. The van der Waals surface area contributed by atoms with E-state index in [1.807, 2.05) is 0 Å². The maximum Gasteiger partial charge on any atom is 0.0504 e. The SMILES string of the molecule is CC[C@H]1[C@H](C)N=C(C)[C@H](C)/C=C\[C@@H]1C. The molecule has 1 rings (SSSR count). The van der Waals surface area contributed by atoms with Crippen LogP contribution in [0.15, 0.2) is 17.1 Å². The lowest BCUT2D eigenvalue weighted by Crippen LogP contribution is -2.25. The maximum absolute atomic E-state index is 4.79. The van der Waals surface area contributed by atoms with Crippen LogP contribution < -0.4 is 0 Å². The molecule has 1 aliphatic heterocycles. The lowest BCUT2D eigenvalue weighted by Gasteiger charge is -2.27. The highest BCUT2D eigenvalue weighted by Gasteiger charge is 2.22. The van der Waals surface area contributed by atoms with Crippen molar-refractivity contribution in [3.8, 4) is 0 Å². The second kappa shape index (κ2) is 4.77. The molecule has 0 aliphatic carbocycles. The van der Waals surface area contributed by atoms with Crippen LogP contribution in [0.3, 0.4) is 0 Å². The molecule has 0 amide bonds. The summed E-state index contributed by atoms with van der Waals surface area (Å²) < 4.78 is 0. The van der Waals surface area contributed by atoms with E-state index in [-0.39, 0.29) is 0 Å². The first-order valence-electron chi connectivity index (χ1n) is 5.78. The van der Waals surface area contributed by atoms with E-state index in [1.165, 1.54) is 12.1 Å². The van der Waals surface area contributed by atoms with Crippen LogP contribution in [0.1, 0.15) is 41.0 Å². The van der Waals surface area contributed by atoms with E-state index in [9.17, 15) is 0 Å². The van der Waals surface area contributed by atoms with Crippen molar-refractivity contribution in [2.45, 2.75) is 47.1 Å². The van der Waals surface area contributed by atoms with Crippen molar-refractivity contribution in [2.24, 2.45) is 22.7 Å². The molecule has 0 saturated carbocycles. The molecule has 14 heavy (non-hydrogen) atoms. The predicted molar refractivity (Wildman–Crippen MR) is 63.8 cm³/mol. The van der Waals surface area contributed by atoms with Crippen LogP contribution in [0.4, 0.5) is 0 Å². The monoisotopic (exact) mass is 193 g/mol. The summed E-state index contributed by atoms with van der Waals surface area (Å²) in [7, 11) is 0. The van der Waals surface area contributed by atoms with Crippen LogP contribution in [0.2, 0.25) is 0 Å². The maximum atomic E-state index is 4.79.